The summed E-state index contributed by atoms with van der Waals surface area (Å²) in [5.41, 5.74) is 1.49. The molecule has 1 saturated heterocycles. The summed E-state index contributed by atoms with van der Waals surface area (Å²) >= 11 is 6.63. The van der Waals surface area contributed by atoms with E-state index in [1.54, 1.807) is 12.1 Å². The summed E-state index contributed by atoms with van der Waals surface area (Å²) in [6.45, 7) is 1.56. The number of hydrogen-bond donors (Lipinski definition) is 2. The maximum atomic E-state index is 12.6. The number of piperidine rings is 1. The van der Waals surface area contributed by atoms with E-state index in [4.69, 9.17) is 12.2 Å². The van der Waals surface area contributed by atoms with Crippen LogP contribution >= 0.6 is 23.6 Å². The van der Waals surface area contributed by atoms with Gasteiger partial charge in [0.05, 0.1) is 15.1 Å². The highest BCUT2D eigenvalue weighted by molar-refractivity contribution is 7.80. The van der Waals surface area contributed by atoms with Crippen molar-refractivity contribution < 1.29 is 9.72 Å². The van der Waals surface area contributed by atoms with Crippen LogP contribution in [0.15, 0.2) is 42.5 Å². The van der Waals surface area contributed by atoms with Gasteiger partial charge < -0.3 is 10.2 Å². The molecule has 1 aliphatic heterocycles. The molecule has 0 spiro atoms. The van der Waals surface area contributed by atoms with Crippen molar-refractivity contribution in [3.05, 3.63) is 58.1 Å². The van der Waals surface area contributed by atoms with E-state index in [-0.39, 0.29) is 16.4 Å². The first kappa shape index (κ1) is 20.2. The normalized spacial score (nSPS) is 13.8. The van der Waals surface area contributed by atoms with Gasteiger partial charge in [0.15, 0.2) is 10.2 Å². The van der Waals surface area contributed by atoms with E-state index in [1.807, 2.05) is 29.2 Å². The Bertz CT molecular complexity index is 1090. The summed E-state index contributed by atoms with van der Waals surface area (Å²) in [7, 11) is 0. The number of thiocarbonyl (C=S) groups is 1. The number of nitrogens with zero attached hydrogens (tertiary/aromatic N) is 3. The number of nitro groups is 1. The summed E-state index contributed by atoms with van der Waals surface area (Å²) in [5.74, 6) is -0.512. The Morgan fingerprint density at radius 2 is 1.93 bits per heavy atom. The molecule has 1 aliphatic rings. The predicted octanol–water partition coefficient (Wildman–Crippen LogP) is 4.32. The van der Waals surface area contributed by atoms with Crippen LogP contribution < -0.4 is 15.5 Å². The third kappa shape index (κ3) is 4.39. The van der Waals surface area contributed by atoms with Gasteiger partial charge in [0.25, 0.3) is 11.6 Å². The lowest BCUT2D eigenvalue weighted by Crippen LogP contribution is -2.34. The number of aromatic nitrogens is 1. The number of thiazole rings is 1. The molecule has 0 saturated carbocycles. The molecule has 8 nitrogen and oxygen atoms in total. The quantitative estimate of drug-likeness (QED) is 0.353. The predicted molar refractivity (Wildman–Crippen MR) is 122 cm³/mol. The number of carbonyl (C=O) groups excluding carboxylic acids is 1. The van der Waals surface area contributed by atoms with Crippen LogP contribution in [0, 0.1) is 10.1 Å². The number of nitro benzene ring substituents is 1. The van der Waals surface area contributed by atoms with Crippen molar-refractivity contribution in [3.63, 3.8) is 0 Å². The minimum absolute atomic E-state index is 0.0744. The fourth-order valence-corrected chi connectivity index (χ4v) is 4.57. The molecule has 10 heteroatoms. The van der Waals surface area contributed by atoms with Crippen molar-refractivity contribution in [2.45, 2.75) is 19.3 Å². The van der Waals surface area contributed by atoms with Crippen molar-refractivity contribution in [1.29, 1.82) is 0 Å². The maximum absolute atomic E-state index is 12.6. The van der Waals surface area contributed by atoms with E-state index >= 15 is 0 Å². The summed E-state index contributed by atoms with van der Waals surface area (Å²) in [6.07, 6.45) is 3.14. The van der Waals surface area contributed by atoms with Gasteiger partial charge in [0.1, 0.15) is 5.69 Å². The molecule has 4 rings (SSSR count). The number of benzene rings is 2. The highest BCUT2D eigenvalue weighted by Gasteiger charge is 2.23. The molecular formula is C20H19N5O3S2. The first-order valence-corrected chi connectivity index (χ1v) is 10.7. The highest BCUT2D eigenvalue weighted by Crippen LogP contribution is 2.31. The second-order valence-electron chi connectivity index (χ2n) is 6.90. The second kappa shape index (κ2) is 8.72. The number of rotatable bonds is 4. The molecule has 1 fully saturated rings. The second-order valence-corrected chi connectivity index (χ2v) is 8.34. The Hall–Kier alpha value is -3.11. The average Bonchev–Trinajstić information content (AvgIpc) is 3.15. The first-order chi connectivity index (χ1) is 14.5. The summed E-state index contributed by atoms with van der Waals surface area (Å²) < 4.78 is 0.998. The van der Waals surface area contributed by atoms with Crippen LogP contribution in [0.4, 0.5) is 16.5 Å². The van der Waals surface area contributed by atoms with Crippen LogP contribution in [0.1, 0.15) is 29.6 Å². The molecule has 0 radical (unpaired) electrons. The minimum atomic E-state index is -0.512. The topological polar surface area (TPSA) is 100 Å². The van der Waals surface area contributed by atoms with E-state index in [2.05, 4.69) is 15.6 Å². The molecule has 2 heterocycles. The number of hydrogen-bond acceptors (Lipinski definition) is 7. The van der Waals surface area contributed by atoms with Crippen LogP contribution in [0.25, 0.3) is 10.2 Å². The van der Waals surface area contributed by atoms with E-state index < -0.39 is 10.8 Å². The van der Waals surface area contributed by atoms with Gasteiger partial charge in [-0.1, -0.05) is 23.5 Å². The maximum Gasteiger partial charge on any atom is 0.293 e. The van der Waals surface area contributed by atoms with E-state index in [0.717, 1.165) is 42.6 Å². The van der Waals surface area contributed by atoms with Gasteiger partial charge in [0, 0.05) is 24.7 Å². The zero-order chi connectivity index (χ0) is 21.1. The highest BCUT2D eigenvalue weighted by atomic mass is 32.1. The minimum Gasteiger partial charge on any atom is -0.366 e. The molecule has 3 aromatic rings. The van der Waals surface area contributed by atoms with E-state index in [0.29, 0.717) is 10.8 Å². The molecule has 1 aromatic heterocycles. The average molecular weight is 442 g/mol. The smallest absolute Gasteiger partial charge is 0.293 e. The Morgan fingerprint density at radius 1 is 1.17 bits per heavy atom. The summed E-state index contributed by atoms with van der Waals surface area (Å²) in [4.78, 5) is 30.1. The largest absolute Gasteiger partial charge is 0.366 e. The van der Waals surface area contributed by atoms with E-state index in [9.17, 15) is 14.9 Å². The Kier molecular flexibility index (Phi) is 5.86. The van der Waals surface area contributed by atoms with Crippen LogP contribution in [0.5, 0.6) is 0 Å². The number of para-hydroxylation sites is 1. The lowest BCUT2D eigenvalue weighted by Gasteiger charge is -2.28. The Labute approximate surface area is 182 Å². The number of anilines is 2. The molecule has 0 bridgehead atoms. The van der Waals surface area contributed by atoms with Crippen LogP contribution in [0.3, 0.4) is 0 Å². The van der Waals surface area contributed by atoms with Crippen LogP contribution in [0.2, 0.25) is 0 Å². The number of carbonyl (C=O) groups is 1. The van der Waals surface area contributed by atoms with Crippen molar-refractivity contribution in [1.82, 2.24) is 10.3 Å². The molecule has 1 amide bonds. The zero-order valence-corrected chi connectivity index (χ0v) is 17.6. The van der Waals surface area contributed by atoms with Crippen LogP contribution in [-0.2, 0) is 0 Å². The fourth-order valence-electron chi connectivity index (χ4n) is 3.44. The summed E-state index contributed by atoms with van der Waals surface area (Å²) in [5, 5.41) is 17.7. The zero-order valence-electron chi connectivity index (χ0n) is 16.0. The molecule has 0 atom stereocenters. The van der Waals surface area contributed by atoms with Gasteiger partial charge in [-0.15, -0.1) is 0 Å². The monoisotopic (exact) mass is 441 g/mol. The molecule has 2 N–H and O–H groups in total. The lowest BCUT2D eigenvalue weighted by molar-refractivity contribution is -0.384. The van der Waals surface area contributed by atoms with Gasteiger partial charge >= 0.3 is 0 Å². The van der Waals surface area contributed by atoms with Crippen LogP contribution in [-0.4, -0.2) is 34.0 Å². The van der Waals surface area contributed by atoms with Crippen molar-refractivity contribution >= 4 is 61.3 Å². The van der Waals surface area contributed by atoms with Gasteiger partial charge in [-0.25, -0.2) is 4.98 Å². The Morgan fingerprint density at radius 3 is 2.67 bits per heavy atom. The standard InChI is InChI=1S/C20H19N5O3S2/c26-18(22-19(29)23-20-21-14-6-2-3-7-17(14)30-20)13-8-9-15(16(12-13)25(27)28)24-10-4-1-5-11-24/h2-3,6-9,12H,1,4-5,10-11H2,(H2,21,22,23,26,29). The summed E-state index contributed by atoms with van der Waals surface area (Å²) in [6, 6.07) is 12.2. The third-order valence-corrected chi connectivity index (χ3v) is 6.03. The molecule has 0 aliphatic carbocycles. The molecule has 154 valence electrons. The first-order valence-electron chi connectivity index (χ1n) is 9.52. The van der Waals surface area contributed by atoms with Gasteiger partial charge in [-0.05, 0) is 55.7 Å². The van der Waals surface area contributed by atoms with Gasteiger partial charge in [-0.3, -0.25) is 20.2 Å². The Balaban J connectivity index is 1.47. The molecule has 30 heavy (non-hydrogen) atoms. The molecule has 2 aromatic carbocycles. The van der Waals surface area contributed by atoms with Crippen molar-refractivity contribution in [2.75, 3.05) is 23.3 Å². The number of fused-ring (bicyclic) bond motifs is 1. The van der Waals surface area contributed by atoms with E-state index in [1.165, 1.54) is 17.4 Å². The molecular weight excluding hydrogens is 422 g/mol. The fraction of sp³-hybridized carbons (Fsp3) is 0.250. The van der Waals surface area contributed by atoms with Gasteiger partial charge in [-0.2, -0.15) is 0 Å². The third-order valence-electron chi connectivity index (χ3n) is 4.87. The number of nitrogens with one attached hydrogen (secondary N) is 2. The molecule has 0 unspecified atom stereocenters. The van der Waals surface area contributed by atoms with Crippen molar-refractivity contribution in [3.8, 4) is 0 Å². The van der Waals surface area contributed by atoms with Crippen molar-refractivity contribution in [2.24, 2.45) is 0 Å². The SMILES string of the molecule is O=C(NC(=S)Nc1nc2ccccc2s1)c1ccc(N2CCCCC2)c([N+](=O)[O-])c1. The lowest BCUT2D eigenvalue weighted by atomic mass is 10.1. The number of amides is 1. The van der Waals surface area contributed by atoms with Gasteiger partial charge in [0.2, 0.25) is 0 Å².